The van der Waals surface area contributed by atoms with Crippen molar-refractivity contribution in [3.05, 3.63) is 16.2 Å². The van der Waals surface area contributed by atoms with Gasteiger partial charge in [0.25, 0.3) is 0 Å². The van der Waals surface area contributed by atoms with Gasteiger partial charge in [-0.1, -0.05) is 0 Å². The molecule has 2 heteroatoms. The van der Waals surface area contributed by atoms with Crippen LogP contribution in [0.1, 0.15) is 6.92 Å². The topological polar surface area (TPSA) is 0 Å². The van der Waals surface area contributed by atoms with E-state index < -0.39 is 0 Å². The Morgan fingerprint density at radius 3 is 3.12 bits per heavy atom. The van der Waals surface area contributed by atoms with Crippen molar-refractivity contribution in [1.29, 1.82) is 0 Å². The number of rotatable bonds is 2. The van der Waals surface area contributed by atoms with Crippen LogP contribution in [-0.4, -0.2) is 35.4 Å². The predicted octanol–water partition coefficient (Wildman–Crippen LogP) is 0.511. The molecular weight excluding hydrogens is 279 g/mol. The quantitative estimate of drug-likeness (QED) is 0.695. The Morgan fingerprint density at radius 2 is 2.62 bits per heavy atom. The van der Waals surface area contributed by atoms with Crippen LogP contribution in [0.3, 0.4) is 0 Å². The van der Waals surface area contributed by atoms with Gasteiger partial charge in [0.05, 0.1) is 0 Å². The molecule has 44 valence electrons. The Morgan fingerprint density at radius 1 is 1.75 bits per heavy atom. The van der Waals surface area contributed by atoms with Crippen LogP contribution in [0, 0.1) is 0 Å². The van der Waals surface area contributed by atoms with E-state index >= 15 is 0 Å². The van der Waals surface area contributed by atoms with E-state index in [0.717, 1.165) is 15.0 Å². The predicted molar refractivity (Wildman–Crippen MR) is 39.3 cm³/mol. The average molecular weight is 287 g/mol. The molecule has 0 bridgehead atoms. The van der Waals surface area contributed by atoms with Crippen molar-refractivity contribution in [3.63, 3.8) is 0 Å². The van der Waals surface area contributed by atoms with Crippen molar-refractivity contribution in [2.45, 2.75) is 12.2 Å². The van der Waals surface area contributed by atoms with Gasteiger partial charge >= 0.3 is 66.3 Å². The van der Waals surface area contributed by atoms with Gasteiger partial charge in [-0.3, -0.25) is 0 Å². The van der Waals surface area contributed by atoms with Gasteiger partial charge in [0.1, 0.15) is 0 Å². The average Bonchev–Trinajstić information content (AvgIpc) is 2.19. The van der Waals surface area contributed by atoms with Gasteiger partial charge in [-0.25, -0.2) is 0 Å². The molecule has 0 spiro atoms. The maximum atomic E-state index is 2.36. The molecule has 0 N–H and O–H groups in total. The molecule has 0 aromatic carbocycles. The fourth-order valence-corrected chi connectivity index (χ4v) is 6.41. The summed E-state index contributed by atoms with van der Waals surface area (Å²) in [6, 6.07) is 4.53. The third-order valence-electron chi connectivity index (χ3n) is 0.782. The summed E-state index contributed by atoms with van der Waals surface area (Å²) in [5.41, 5.74) is 0. The standard InChI is InChI=1S/C6H8SeTe/c1-2-7-6-4-3-5-8-6/h3-5H,2H2,1H3. The van der Waals surface area contributed by atoms with E-state index in [1.807, 2.05) is 0 Å². The first-order chi connectivity index (χ1) is 3.93. The molecule has 0 aliphatic rings. The zero-order chi connectivity index (χ0) is 5.82. The molecule has 1 rings (SSSR count). The van der Waals surface area contributed by atoms with Crippen molar-refractivity contribution in [2.24, 2.45) is 0 Å². The second-order valence-electron chi connectivity index (χ2n) is 1.37. The third kappa shape index (κ3) is 1.95. The second-order valence-corrected chi connectivity index (χ2v) is 8.62. The van der Waals surface area contributed by atoms with Crippen molar-refractivity contribution in [1.82, 2.24) is 0 Å². The Bertz CT molecular complexity index is 134. The molecule has 0 nitrogen and oxygen atoms in total. The Kier molecular flexibility index (Phi) is 3.23. The molecular formula is C6H8SeTe. The molecule has 0 amide bonds. The summed E-state index contributed by atoms with van der Waals surface area (Å²) in [7, 11) is 0. The minimum atomic E-state index is 0.223. The molecule has 0 radical (unpaired) electrons. The molecule has 0 atom stereocenters. The van der Waals surface area contributed by atoms with Gasteiger partial charge in [0, 0.05) is 0 Å². The molecule has 1 aromatic rings. The summed E-state index contributed by atoms with van der Waals surface area (Å²) in [4.78, 5) is 0. The fraction of sp³-hybridized carbons (Fsp3) is 0.333. The molecule has 0 unspecified atom stereocenters. The maximum absolute atomic E-state index is 2.36. The molecule has 1 aromatic heterocycles. The van der Waals surface area contributed by atoms with E-state index in [1.54, 1.807) is 2.48 Å². The van der Waals surface area contributed by atoms with Crippen LogP contribution < -0.4 is 2.48 Å². The molecule has 8 heavy (non-hydrogen) atoms. The van der Waals surface area contributed by atoms with Crippen LogP contribution in [-0.2, 0) is 0 Å². The first-order valence-electron chi connectivity index (χ1n) is 2.60. The van der Waals surface area contributed by atoms with Gasteiger partial charge in [-0.2, -0.15) is 0 Å². The molecule has 0 saturated heterocycles. The van der Waals surface area contributed by atoms with Crippen molar-refractivity contribution < 1.29 is 0 Å². The zero-order valence-electron chi connectivity index (χ0n) is 4.76. The summed E-state index contributed by atoms with van der Waals surface area (Å²) < 4.78 is 4.14. The molecule has 0 fully saturated rings. The van der Waals surface area contributed by atoms with Crippen LogP contribution in [0.2, 0.25) is 5.32 Å². The molecule has 0 aliphatic heterocycles. The number of hydrogen-bond acceptors (Lipinski definition) is 0. The molecule has 0 aliphatic carbocycles. The van der Waals surface area contributed by atoms with Gasteiger partial charge < -0.3 is 0 Å². The van der Waals surface area contributed by atoms with Crippen molar-refractivity contribution >= 4 is 37.9 Å². The van der Waals surface area contributed by atoms with Crippen molar-refractivity contribution in [2.75, 3.05) is 0 Å². The third-order valence-corrected chi connectivity index (χ3v) is 7.26. The fourth-order valence-electron chi connectivity index (χ4n) is 0.488. The van der Waals surface area contributed by atoms with Gasteiger partial charge in [0.15, 0.2) is 0 Å². The van der Waals surface area contributed by atoms with E-state index in [9.17, 15) is 0 Å². The van der Waals surface area contributed by atoms with E-state index in [0.29, 0.717) is 0 Å². The summed E-state index contributed by atoms with van der Waals surface area (Å²) in [6.45, 7) is 2.27. The monoisotopic (exact) mass is 290 g/mol. The summed E-state index contributed by atoms with van der Waals surface area (Å²) >= 11 is 1.08. The Hall–Kier alpha value is 0.789. The Labute approximate surface area is 66.1 Å². The van der Waals surface area contributed by atoms with Crippen LogP contribution in [0.4, 0.5) is 0 Å². The second kappa shape index (κ2) is 3.75. The molecule has 1 heterocycles. The van der Waals surface area contributed by atoms with Crippen molar-refractivity contribution in [3.8, 4) is 0 Å². The number of hydrogen-bond donors (Lipinski definition) is 0. The molecule has 0 saturated carbocycles. The van der Waals surface area contributed by atoms with E-state index in [4.69, 9.17) is 0 Å². The van der Waals surface area contributed by atoms with E-state index in [2.05, 4.69) is 23.1 Å². The van der Waals surface area contributed by atoms with Crippen LogP contribution in [0.15, 0.2) is 16.2 Å². The van der Waals surface area contributed by atoms with Gasteiger partial charge in [-0.15, -0.1) is 0 Å². The first-order valence-corrected chi connectivity index (χ1v) is 7.17. The first kappa shape index (κ1) is 6.90. The van der Waals surface area contributed by atoms with E-state index in [1.165, 1.54) is 5.32 Å². The normalized spacial score (nSPS) is 9.62. The van der Waals surface area contributed by atoms with Crippen LogP contribution in [0.25, 0.3) is 0 Å². The van der Waals surface area contributed by atoms with E-state index in [-0.39, 0.29) is 20.4 Å². The van der Waals surface area contributed by atoms with Gasteiger partial charge in [0.2, 0.25) is 0 Å². The summed E-state index contributed by atoms with van der Waals surface area (Å²) in [6.07, 6.45) is 0. The Balaban J connectivity index is 2.50. The SMILES string of the molecule is CC[Se]c1ccc[te]1. The van der Waals surface area contributed by atoms with Crippen LogP contribution >= 0.6 is 0 Å². The summed E-state index contributed by atoms with van der Waals surface area (Å²) in [5, 5.41) is 1.38. The van der Waals surface area contributed by atoms with Gasteiger partial charge in [-0.05, 0) is 0 Å². The summed E-state index contributed by atoms with van der Waals surface area (Å²) in [5.74, 6) is 0. The zero-order valence-corrected chi connectivity index (χ0v) is 8.80. The minimum absolute atomic E-state index is 0.223. The van der Waals surface area contributed by atoms with Crippen LogP contribution in [0.5, 0.6) is 0 Å².